The number of aryl methyl sites for hydroxylation is 1. The first kappa shape index (κ1) is 11.6. The van der Waals surface area contributed by atoms with Crippen molar-refractivity contribution in [3.05, 3.63) is 35.9 Å². The summed E-state index contributed by atoms with van der Waals surface area (Å²) in [6.07, 6.45) is 1.78. The van der Waals surface area contributed by atoms with Crippen molar-refractivity contribution < 1.29 is 0 Å². The summed E-state index contributed by atoms with van der Waals surface area (Å²) in [5.41, 5.74) is 3.13. The molecule has 0 N–H and O–H groups in total. The van der Waals surface area contributed by atoms with Gasteiger partial charge in [0, 0.05) is 0 Å². The quantitative estimate of drug-likeness (QED) is 0.602. The highest BCUT2D eigenvalue weighted by Gasteiger charge is 1.94. The maximum absolute atomic E-state index is 3.88. The van der Waals surface area contributed by atoms with E-state index in [1.165, 1.54) is 5.56 Å². The Morgan fingerprint density at radius 1 is 1.31 bits per heavy atom. The number of nitrogens with zero attached hydrogens (tertiary/aromatic N) is 1. The molecule has 1 nitrogen and oxygen atoms in total. The van der Waals surface area contributed by atoms with Crippen molar-refractivity contribution in [2.24, 2.45) is 4.99 Å². The lowest BCUT2D eigenvalue weighted by atomic mass is 10.1. The lowest BCUT2D eigenvalue weighted by Gasteiger charge is -1.99. The van der Waals surface area contributed by atoms with E-state index in [-0.39, 0.29) is 0 Å². The Hall–Kier alpha value is -1.37. The van der Waals surface area contributed by atoms with E-state index in [2.05, 4.69) is 18.3 Å². The Balaban J connectivity index is 0.000000671. The zero-order valence-electron chi connectivity index (χ0n) is 8.67. The van der Waals surface area contributed by atoms with Crippen LogP contribution in [0.4, 0.5) is 5.69 Å². The maximum Gasteiger partial charge on any atom is 0.0697 e. The fraction of sp³-hybridized carbons (Fsp3) is 0.250. The van der Waals surface area contributed by atoms with Gasteiger partial charge in [0.1, 0.15) is 0 Å². The second kappa shape index (κ2) is 6.18. The molecule has 0 fully saturated rings. The third-order valence-electron chi connectivity index (χ3n) is 1.58. The van der Waals surface area contributed by atoms with E-state index in [1.54, 1.807) is 6.08 Å². The summed E-state index contributed by atoms with van der Waals surface area (Å²) in [7, 11) is 0. The molecular formula is C12H17N. The third-order valence-corrected chi connectivity index (χ3v) is 1.58. The van der Waals surface area contributed by atoms with Gasteiger partial charge in [-0.2, -0.15) is 0 Å². The van der Waals surface area contributed by atoms with Crippen LogP contribution in [0.25, 0.3) is 6.08 Å². The van der Waals surface area contributed by atoms with Crippen LogP contribution in [0.1, 0.15) is 25.0 Å². The van der Waals surface area contributed by atoms with Gasteiger partial charge in [0.05, 0.1) is 5.69 Å². The highest BCUT2D eigenvalue weighted by Crippen LogP contribution is 2.20. The summed E-state index contributed by atoms with van der Waals surface area (Å²) in [5.74, 6) is 0. The molecule has 0 spiro atoms. The van der Waals surface area contributed by atoms with Crippen molar-refractivity contribution in [3.8, 4) is 0 Å². The molecule has 1 heteroatoms. The normalized spacial score (nSPS) is 8.23. The van der Waals surface area contributed by atoms with Crippen LogP contribution in [-0.2, 0) is 0 Å². The monoisotopic (exact) mass is 175 g/mol. The summed E-state index contributed by atoms with van der Waals surface area (Å²) < 4.78 is 0. The summed E-state index contributed by atoms with van der Waals surface area (Å²) in [6.45, 7) is 13.2. The van der Waals surface area contributed by atoms with Gasteiger partial charge >= 0.3 is 0 Å². The van der Waals surface area contributed by atoms with Crippen molar-refractivity contribution in [2.75, 3.05) is 0 Å². The van der Waals surface area contributed by atoms with Crippen molar-refractivity contribution >= 4 is 18.5 Å². The first-order valence-corrected chi connectivity index (χ1v) is 4.47. The molecule has 0 unspecified atom stereocenters. The molecule has 0 saturated carbocycles. The van der Waals surface area contributed by atoms with Crippen molar-refractivity contribution in [1.29, 1.82) is 0 Å². The van der Waals surface area contributed by atoms with Gasteiger partial charge in [-0.05, 0) is 30.8 Å². The van der Waals surface area contributed by atoms with Crippen molar-refractivity contribution in [2.45, 2.75) is 20.8 Å². The highest BCUT2D eigenvalue weighted by molar-refractivity contribution is 5.65. The van der Waals surface area contributed by atoms with Crippen LogP contribution >= 0.6 is 0 Å². The number of hydrogen-bond donors (Lipinski definition) is 0. The van der Waals surface area contributed by atoms with Crippen LogP contribution in [0.5, 0.6) is 0 Å². The van der Waals surface area contributed by atoms with Crippen LogP contribution in [0.2, 0.25) is 0 Å². The summed E-state index contributed by atoms with van der Waals surface area (Å²) >= 11 is 0. The minimum Gasteiger partial charge on any atom is -0.264 e. The molecule has 0 saturated heterocycles. The molecule has 0 bridgehead atoms. The lowest BCUT2D eigenvalue weighted by Crippen LogP contribution is -1.75. The Labute approximate surface area is 80.8 Å². The Morgan fingerprint density at radius 2 is 1.92 bits per heavy atom. The van der Waals surface area contributed by atoms with E-state index in [9.17, 15) is 0 Å². The molecule has 0 atom stereocenters. The predicted molar refractivity (Wildman–Crippen MR) is 61.8 cm³/mol. The third kappa shape index (κ3) is 3.24. The molecule has 0 aliphatic carbocycles. The van der Waals surface area contributed by atoms with Crippen LogP contribution in [0.3, 0.4) is 0 Å². The van der Waals surface area contributed by atoms with E-state index in [4.69, 9.17) is 0 Å². The molecule has 13 heavy (non-hydrogen) atoms. The number of benzene rings is 1. The fourth-order valence-electron chi connectivity index (χ4n) is 0.963. The molecule has 0 radical (unpaired) electrons. The second-order valence-corrected chi connectivity index (χ2v) is 2.42. The van der Waals surface area contributed by atoms with Gasteiger partial charge in [-0.1, -0.05) is 38.6 Å². The smallest absolute Gasteiger partial charge is 0.0697 e. The van der Waals surface area contributed by atoms with Gasteiger partial charge in [-0.15, -0.1) is 0 Å². The SMILES string of the molecule is C=Cc1ccc(C)cc1N=C.CC. The molecule has 1 rings (SSSR count). The first-order chi connectivity index (χ1) is 6.27. The van der Waals surface area contributed by atoms with Crippen LogP contribution in [0, 0.1) is 6.92 Å². The standard InChI is InChI=1S/C10H11N.C2H6/c1-4-9-6-5-8(2)7-10(9)11-3;1-2/h4-7H,1,3H2,2H3;1-2H3. The molecule has 0 aliphatic rings. The minimum absolute atomic E-state index is 0.903. The molecule has 1 aromatic rings. The second-order valence-electron chi connectivity index (χ2n) is 2.42. The number of rotatable bonds is 2. The topological polar surface area (TPSA) is 12.4 Å². The van der Waals surface area contributed by atoms with Gasteiger partial charge in [-0.3, -0.25) is 4.99 Å². The van der Waals surface area contributed by atoms with Gasteiger partial charge < -0.3 is 0 Å². The first-order valence-electron chi connectivity index (χ1n) is 4.47. The largest absolute Gasteiger partial charge is 0.264 e. The van der Waals surface area contributed by atoms with E-state index in [0.717, 1.165) is 11.3 Å². The van der Waals surface area contributed by atoms with E-state index in [1.807, 2.05) is 39.0 Å². The van der Waals surface area contributed by atoms with E-state index < -0.39 is 0 Å². The molecular weight excluding hydrogens is 158 g/mol. The number of aliphatic imine (C=N–C) groups is 1. The fourth-order valence-corrected chi connectivity index (χ4v) is 0.963. The van der Waals surface area contributed by atoms with E-state index >= 15 is 0 Å². The van der Waals surface area contributed by atoms with Gasteiger partial charge in [0.2, 0.25) is 0 Å². The molecule has 0 amide bonds. The summed E-state index contributed by atoms with van der Waals surface area (Å²) in [6, 6.07) is 6.02. The molecule has 70 valence electrons. The van der Waals surface area contributed by atoms with Gasteiger partial charge in [0.25, 0.3) is 0 Å². The average Bonchev–Trinajstić information content (AvgIpc) is 2.20. The van der Waals surface area contributed by atoms with Crippen LogP contribution in [-0.4, -0.2) is 6.72 Å². The molecule has 0 heterocycles. The summed E-state index contributed by atoms with van der Waals surface area (Å²) in [4.78, 5) is 3.88. The van der Waals surface area contributed by atoms with Gasteiger partial charge in [0.15, 0.2) is 0 Å². The van der Waals surface area contributed by atoms with Crippen molar-refractivity contribution in [3.63, 3.8) is 0 Å². The zero-order chi connectivity index (χ0) is 10.3. The van der Waals surface area contributed by atoms with Crippen LogP contribution < -0.4 is 0 Å². The molecule has 1 aromatic carbocycles. The molecule has 0 aromatic heterocycles. The Morgan fingerprint density at radius 3 is 2.38 bits per heavy atom. The van der Waals surface area contributed by atoms with Crippen LogP contribution in [0.15, 0.2) is 29.8 Å². The number of hydrogen-bond acceptors (Lipinski definition) is 1. The zero-order valence-corrected chi connectivity index (χ0v) is 8.67. The Bertz CT molecular complexity index is 287. The van der Waals surface area contributed by atoms with Gasteiger partial charge in [-0.25, -0.2) is 0 Å². The predicted octanol–water partition coefficient (Wildman–Crippen LogP) is 4.00. The summed E-state index contributed by atoms with van der Waals surface area (Å²) in [5, 5.41) is 0. The maximum atomic E-state index is 3.88. The Kier molecular flexibility index (Phi) is 5.53. The van der Waals surface area contributed by atoms with E-state index in [0.29, 0.717) is 0 Å². The average molecular weight is 175 g/mol. The minimum atomic E-state index is 0.903. The molecule has 0 aliphatic heterocycles. The lowest BCUT2D eigenvalue weighted by molar-refractivity contribution is 1.42. The van der Waals surface area contributed by atoms with Crippen molar-refractivity contribution in [1.82, 2.24) is 0 Å². The highest BCUT2D eigenvalue weighted by atomic mass is 14.7.